The van der Waals surface area contributed by atoms with Crippen LogP contribution >= 0.6 is 0 Å². The van der Waals surface area contributed by atoms with E-state index in [0.717, 1.165) is 25.4 Å². The molecule has 2 aromatic carbocycles. The van der Waals surface area contributed by atoms with E-state index in [-0.39, 0.29) is 62.1 Å². The average molecular weight is 1090 g/mol. The Hall–Kier alpha value is -6.92. The fourth-order valence-corrected chi connectivity index (χ4v) is 4.72. The number of nitrogens with zero attached hydrogens (tertiary/aromatic N) is 2. The highest BCUT2D eigenvalue weighted by Gasteiger charge is 2.10. The lowest BCUT2D eigenvalue weighted by atomic mass is 10.3. The Bertz CT molecular complexity index is 1570. The molecule has 428 valence electrons. The van der Waals surface area contributed by atoms with E-state index < -0.39 is 21.8 Å². The molecule has 0 spiro atoms. The van der Waals surface area contributed by atoms with E-state index in [0.29, 0.717) is 157 Å². The number of unbranched alkanes of at least 4 members (excludes halogenated alkanes) is 2. The molecular weight excluding hydrogens is 1020 g/mol. The summed E-state index contributed by atoms with van der Waals surface area (Å²) in [6.07, 6.45) is 5.59. The van der Waals surface area contributed by atoms with Gasteiger partial charge >= 0.3 is 11.9 Å². The van der Waals surface area contributed by atoms with E-state index >= 15 is 0 Å². The van der Waals surface area contributed by atoms with Crippen molar-refractivity contribution in [3.8, 4) is 11.5 Å². The highest BCUT2D eigenvalue weighted by atomic mass is 16.6. The Morgan fingerprint density at radius 1 is 0.355 bits per heavy atom. The second kappa shape index (κ2) is 57.4. The molecule has 2 aromatic rings. The molecule has 76 heavy (non-hydrogen) atoms. The number of esters is 2. The number of ether oxygens (including phenoxy) is 14. The summed E-state index contributed by atoms with van der Waals surface area (Å²) in [4.78, 5) is 102. The molecule has 0 bridgehead atoms. The monoisotopic (exact) mass is 1090 g/mol. The second-order valence-corrected chi connectivity index (χ2v) is 14.0. The van der Waals surface area contributed by atoms with Crippen LogP contribution in [-0.4, -0.2) is 192 Å². The van der Waals surface area contributed by atoms with E-state index in [2.05, 4.69) is 18.9 Å². The molecule has 0 aliphatic heterocycles. The van der Waals surface area contributed by atoms with Gasteiger partial charge in [-0.25, -0.2) is 0 Å². The first-order valence-electron chi connectivity index (χ1n) is 23.7. The smallest absolute Gasteiger partial charge is 0.311 e. The largest absolute Gasteiger partial charge is 0.465 e. The van der Waals surface area contributed by atoms with Crippen molar-refractivity contribution in [1.82, 2.24) is 0 Å². The summed E-state index contributed by atoms with van der Waals surface area (Å²) in [6, 6.07) is 10.5. The number of rotatable bonds is 48. The molecule has 28 nitrogen and oxygen atoms in total. The second-order valence-electron chi connectivity index (χ2n) is 14.0. The number of aldehydes is 2. The fourth-order valence-electron chi connectivity index (χ4n) is 4.72. The van der Waals surface area contributed by atoms with E-state index in [1.54, 1.807) is 0 Å². The van der Waals surface area contributed by atoms with Crippen molar-refractivity contribution >= 4 is 61.8 Å². The van der Waals surface area contributed by atoms with Gasteiger partial charge in [0.05, 0.1) is 89.1 Å². The van der Waals surface area contributed by atoms with Crippen LogP contribution in [0.5, 0.6) is 11.5 Å². The fraction of sp³-hybridized carbons (Fsp3) is 0.583. The van der Waals surface area contributed by atoms with Gasteiger partial charge in [-0.15, -0.1) is 0 Å². The normalized spacial score (nSPS) is 10.0. The van der Waals surface area contributed by atoms with Crippen molar-refractivity contribution in [3.63, 3.8) is 0 Å². The van der Waals surface area contributed by atoms with Crippen LogP contribution < -0.4 is 9.47 Å². The van der Waals surface area contributed by atoms with Crippen molar-refractivity contribution in [2.45, 2.75) is 51.4 Å². The Morgan fingerprint density at radius 2 is 0.592 bits per heavy atom. The molecule has 0 fully saturated rings. The molecule has 2 rings (SSSR count). The van der Waals surface area contributed by atoms with E-state index in [1.165, 1.54) is 48.5 Å². The molecule has 0 radical (unpaired) electrons. The maximum Gasteiger partial charge on any atom is 0.311 e. The molecular formula is C48H70N2O26. The lowest BCUT2D eigenvalue weighted by Crippen LogP contribution is -2.12. The predicted molar refractivity (Wildman–Crippen MR) is 261 cm³/mol. The molecule has 0 aliphatic carbocycles. The molecule has 0 aliphatic rings. The first-order valence-corrected chi connectivity index (χ1v) is 23.7. The van der Waals surface area contributed by atoms with Crippen LogP contribution in [0.1, 0.15) is 51.4 Å². The zero-order chi connectivity index (χ0) is 56.2. The van der Waals surface area contributed by atoms with Crippen molar-refractivity contribution in [1.29, 1.82) is 0 Å². The zero-order valence-corrected chi connectivity index (χ0v) is 42.4. The summed E-state index contributed by atoms with van der Waals surface area (Å²) < 4.78 is 68.9. The SMILES string of the molecule is O=C(CCCOCCOCCCC(=O)Oc1ccc([N+](=O)[O-])cc1)Oc1ccc([N+](=O)[O-])cc1.O=CCCCOCCOCCCC=O.O=COCCOCCOCCOC=O.O=COCCOCCOCCOC=O. The van der Waals surface area contributed by atoms with Gasteiger partial charge in [0.2, 0.25) is 0 Å². The predicted octanol–water partition coefficient (Wildman–Crippen LogP) is 3.32. The summed E-state index contributed by atoms with van der Waals surface area (Å²) in [7, 11) is 0. The summed E-state index contributed by atoms with van der Waals surface area (Å²) >= 11 is 0. The highest BCUT2D eigenvalue weighted by molar-refractivity contribution is 5.72. The lowest BCUT2D eigenvalue weighted by molar-refractivity contribution is -0.385. The molecule has 0 saturated heterocycles. The number of nitro groups is 2. The van der Waals surface area contributed by atoms with Gasteiger partial charge in [-0.2, -0.15) is 0 Å². The maximum atomic E-state index is 11.7. The Balaban J connectivity index is 0. The van der Waals surface area contributed by atoms with Gasteiger partial charge in [0, 0.05) is 76.4 Å². The lowest BCUT2D eigenvalue weighted by Gasteiger charge is -2.07. The Kier molecular flexibility index (Phi) is 53.7. The van der Waals surface area contributed by atoms with Crippen molar-refractivity contribution in [3.05, 3.63) is 68.8 Å². The summed E-state index contributed by atoms with van der Waals surface area (Å²) in [5.74, 6) is -0.452. The van der Waals surface area contributed by atoms with Gasteiger partial charge in [-0.05, 0) is 49.9 Å². The van der Waals surface area contributed by atoms with Crippen LogP contribution in [0.3, 0.4) is 0 Å². The number of carbonyl (C=O) groups excluding carboxylic acids is 8. The van der Waals surface area contributed by atoms with Gasteiger partial charge in [0.25, 0.3) is 37.3 Å². The van der Waals surface area contributed by atoms with Gasteiger partial charge < -0.3 is 75.9 Å². The third kappa shape index (κ3) is 52.0. The molecule has 0 heterocycles. The van der Waals surface area contributed by atoms with E-state index in [9.17, 15) is 58.6 Å². The number of non-ortho nitro benzene ring substituents is 2. The summed E-state index contributed by atoms with van der Waals surface area (Å²) in [5.41, 5.74) is -0.171. The standard InChI is InChI=1S/C22H24N2O10.C10H18O4.2C8H14O6/c25-21(33-19-9-5-17(6-10-19)23(27)28)3-1-13-31-15-16-32-14-2-4-22(26)34-20-11-7-18(8-12-20)24(29)30;11-5-1-3-7-13-9-10-14-8-4-2-6-12;2*9-7-13-5-3-11-1-2-12-4-6-14-8-10/h5-12H,1-4,13-16H2;5-6H,1-4,7-10H2;2*7-8H,1-6H2. The molecule has 0 N–H and O–H groups in total. The van der Waals surface area contributed by atoms with Crippen LogP contribution in [0.15, 0.2) is 48.5 Å². The minimum Gasteiger partial charge on any atom is -0.465 e. The number of carbonyl (C=O) groups is 8. The van der Waals surface area contributed by atoms with Crippen LogP contribution in [0.25, 0.3) is 0 Å². The van der Waals surface area contributed by atoms with Gasteiger partial charge in [-0.3, -0.25) is 49.0 Å². The van der Waals surface area contributed by atoms with Crippen molar-refractivity contribution in [2.75, 3.05) is 132 Å². The summed E-state index contributed by atoms with van der Waals surface area (Å²) in [6.45, 7) is 9.22. The van der Waals surface area contributed by atoms with E-state index in [1.807, 2.05) is 0 Å². The highest BCUT2D eigenvalue weighted by Crippen LogP contribution is 2.19. The topological polar surface area (TPSA) is 352 Å². The summed E-state index contributed by atoms with van der Waals surface area (Å²) in [5, 5.41) is 21.2. The van der Waals surface area contributed by atoms with Gasteiger partial charge in [-0.1, -0.05) is 0 Å². The number of hydrogen-bond donors (Lipinski definition) is 0. The van der Waals surface area contributed by atoms with Crippen LogP contribution in [0.2, 0.25) is 0 Å². The first-order chi connectivity index (χ1) is 37.1. The van der Waals surface area contributed by atoms with E-state index in [4.69, 9.17) is 47.4 Å². The van der Waals surface area contributed by atoms with Crippen molar-refractivity contribution in [2.24, 2.45) is 0 Å². The Morgan fingerprint density at radius 3 is 0.829 bits per heavy atom. The molecule has 0 amide bonds. The molecule has 0 atom stereocenters. The van der Waals surface area contributed by atoms with Gasteiger partial charge in [0.1, 0.15) is 50.5 Å². The number of hydrogen-bond acceptors (Lipinski definition) is 26. The third-order valence-electron chi connectivity index (χ3n) is 8.26. The third-order valence-corrected chi connectivity index (χ3v) is 8.26. The molecule has 0 aromatic heterocycles. The minimum absolute atomic E-state index is 0.0856. The zero-order valence-electron chi connectivity index (χ0n) is 42.4. The van der Waals surface area contributed by atoms with Gasteiger partial charge in [0.15, 0.2) is 0 Å². The molecule has 0 saturated carbocycles. The van der Waals surface area contributed by atoms with Crippen LogP contribution in [-0.2, 0) is 95.2 Å². The quantitative estimate of drug-likeness (QED) is 0.0174. The number of nitro benzene ring substituents is 2. The van der Waals surface area contributed by atoms with Crippen molar-refractivity contribution < 1.29 is 115 Å². The minimum atomic E-state index is -0.537. The Labute approximate surface area is 439 Å². The molecule has 0 unspecified atom stereocenters. The maximum absolute atomic E-state index is 11.7. The van der Waals surface area contributed by atoms with Crippen LogP contribution in [0, 0.1) is 20.2 Å². The first kappa shape index (κ1) is 71.2. The number of benzene rings is 2. The average Bonchev–Trinajstić information content (AvgIpc) is 3.41. The molecule has 28 heteroatoms. The van der Waals surface area contributed by atoms with Crippen LogP contribution in [0.4, 0.5) is 11.4 Å².